The molecule has 4 saturated heterocycles. The maximum Gasteiger partial charge on any atom is 0.240 e. The first-order chi connectivity index (χ1) is 11.5. The molecule has 5 rings (SSSR count). The van der Waals surface area contributed by atoms with Gasteiger partial charge in [-0.1, -0.05) is 38.3 Å². The molecule has 24 heavy (non-hydrogen) atoms. The highest BCUT2D eigenvalue weighted by atomic mass is 35.5. The van der Waals surface area contributed by atoms with Gasteiger partial charge in [0, 0.05) is 5.02 Å². The summed E-state index contributed by atoms with van der Waals surface area (Å²) >= 11 is 6.09. The third kappa shape index (κ3) is 2.28. The number of hydrogen-bond acceptors (Lipinski definition) is 1. The van der Waals surface area contributed by atoms with Crippen molar-refractivity contribution in [3.05, 3.63) is 34.9 Å². The van der Waals surface area contributed by atoms with Crippen LogP contribution < -0.4 is 9.80 Å². The van der Waals surface area contributed by atoms with Crippen LogP contribution in [0.5, 0.6) is 0 Å². The zero-order chi connectivity index (χ0) is 16.9. The molecule has 4 heteroatoms. The molecule has 4 fully saturated rings. The Balaban J connectivity index is 1.72. The Morgan fingerprint density at radius 1 is 0.958 bits per heavy atom. The van der Waals surface area contributed by atoms with Gasteiger partial charge in [0.15, 0.2) is 5.78 Å². The number of Topliss-reactive ketones (excluding diaryl/α,β-unsaturated/α-hetero) is 1. The minimum Gasteiger partial charge on any atom is -0.297 e. The Kier molecular flexibility index (Phi) is 4.02. The van der Waals surface area contributed by atoms with Crippen LogP contribution in [0.3, 0.4) is 0 Å². The van der Waals surface area contributed by atoms with Gasteiger partial charge in [0.05, 0.1) is 5.56 Å². The average Bonchev–Trinajstić information content (AvgIpc) is 2.54. The first-order valence-corrected chi connectivity index (χ1v) is 9.91. The summed E-state index contributed by atoms with van der Waals surface area (Å²) in [6.07, 6.45) is 4.83. The maximum absolute atomic E-state index is 13.4. The Morgan fingerprint density at radius 2 is 1.42 bits per heavy atom. The molecule has 130 valence electrons. The predicted molar refractivity (Wildman–Crippen MR) is 95.3 cm³/mol. The Bertz CT molecular complexity index is 598. The minimum atomic E-state index is -0.0615. The van der Waals surface area contributed by atoms with Gasteiger partial charge < -0.3 is 0 Å². The van der Waals surface area contributed by atoms with Crippen molar-refractivity contribution in [3.63, 3.8) is 0 Å². The van der Waals surface area contributed by atoms with Gasteiger partial charge in [-0.3, -0.25) is 14.6 Å². The van der Waals surface area contributed by atoms with Crippen molar-refractivity contribution < 1.29 is 14.6 Å². The Morgan fingerprint density at radius 3 is 1.83 bits per heavy atom. The van der Waals surface area contributed by atoms with E-state index >= 15 is 0 Å². The van der Waals surface area contributed by atoms with Crippen LogP contribution >= 0.6 is 11.6 Å². The number of halogens is 1. The van der Waals surface area contributed by atoms with Gasteiger partial charge >= 0.3 is 0 Å². The summed E-state index contributed by atoms with van der Waals surface area (Å²) in [5, 5.41) is 0.803. The molecule has 4 bridgehead atoms. The van der Waals surface area contributed by atoms with Gasteiger partial charge in [-0.2, -0.15) is 0 Å². The SMILES string of the molecule is CCCC12C[NH+]3CC(CCC)(C[NH+](C1)C3c1ccc(Cl)cc1)C2=O. The van der Waals surface area contributed by atoms with Gasteiger partial charge in [0.2, 0.25) is 6.17 Å². The van der Waals surface area contributed by atoms with Crippen LogP contribution in [0.1, 0.15) is 51.3 Å². The van der Waals surface area contributed by atoms with E-state index in [0.29, 0.717) is 11.9 Å². The van der Waals surface area contributed by atoms with E-state index in [2.05, 4.69) is 26.0 Å². The minimum absolute atomic E-state index is 0.0615. The summed E-state index contributed by atoms with van der Waals surface area (Å²) < 4.78 is 0. The van der Waals surface area contributed by atoms with Crippen LogP contribution in [-0.2, 0) is 4.79 Å². The van der Waals surface area contributed by atoms with E-state index < -0.39 is 0 Å². The lowest BCUT2D eigenvalue weighted by Gasteiger charge is -2.60. The van der Waals surface area contributed by atoms with E-state index in [-0.39, 0.29) is 10.8 Å². The molecule has 3 nitrogen and oxygen atoms in total. The average molecular weight is 349 g/mol. The van der Waals surface area contributed by atoms with Crippen molar-refractivity contribution in [3.8, 4) is 0 Å². The second-order valence-corrected chi connectivity index (χ2v) is 8.83. The van der Waals surface area contributed by atoms with Gasteiger partial charge in [0.1, 0.15) is 37.0 Å². The summed E-state index contributed by atoms with van der Waals surface area (Å²) in [7, 11) is 0. The smallest absolute Gasteiger partial charge is 0.240 e. The molecule has 4 aliphatic heterocycles. The van der Waals surface area contributed by atoms with E-state index in [1.165, 1.54) is 5.56 Å². The number of quaternary nitrogens is 2. The Hall–Kier alpha value is -0.900. The van der Waals surface area contributed by atoms with Gasteiger partial charge in [-0.05, 0) is 37.1 Å². The molecule has 1 aromatic rings. The molecule has 2 N–H and O–H groups in total. The summed E-state index contributed by atoms with van der Waals surface area (Å²) in [5.41, 5.74) is 1.26. The van der Waals surface area contributed by atoms with Crippen molar-refractivity contribution in [1.82, 2.24) is 0 Å². The molecule has 0 aliphatic carbocycles. The molecule has 1 aromatic carbocycles. The molecule has 0 aromatic heterocycles. The van der Waals surface area contributed by atoms with Crippen LogP contribution in [0, 0.1) is 10.8 Å². The van der Waals surface area contributed by atoms with Crippen LogP contribution in [0.15, 0.2) is 24.3 Å². The number of rotatable bonds is 5. The van der Waals surface area contributed by atoms with E-state index in [4.69, 9.17) is 11.6 Å². The third-order valence-corrected chi connectivity index (χ3v) is 6.95. The molecule has 4 heterocycles. The standard InChI is InChI=1S/C20H27ClN2O/c1-3-9-19-11-22-13-20(10-4-2,18(19)24)14-23(12-19)17(22)15-5-7-16(21)8-6-15/h5-8,17H,3-4,9-14H2,1-2H3/p+2. The van der Waals surface area contributed by atoms with Crippen molar-refractivity contribution in [2.45, 2.75) is 45.7 Å². The third-order valence-electron chi connectivity index (χ3n) is 6.70. The lowest BCUT2D eigenvalue weighted by atomic mass is 9.57. The predicted octanol–water partition coefficient (Wildman–Crippen LogP) is 1.29. The van der Waals surface area contributed by atoms with Crippen molar-refractivity contribution in [2.75, 3.05) is 26.2 Å². The molecule has 0 radical (unpaired) electrons. The number of nitrogens with one attached hydrogen (secondary N) is 2. The summed E-state index contributed by atoms with van der Waals surface area (Å²) in [6, 6.07) is 8.40. The number of carbonyl (C=O) groups excluding carboxylic acids is 1. The zero-order valence-corrected chi connectivity index (χ0v) is 15.6. The number of benzene rings is 1. The first kappa shape index (κ1) is 16.6. The normalized spacial score (nSPS) is 40.3. The highest BCUT2D eigenvalue weighted by Crippen LogP contribution is 2.42. The summed E-state index contributed by atoms with van der Waals surface area (Å²) in [4.78, 5) is 16.7. The van der Waals surface area contributed by atoms with Crippen LogP contribution in [0.4, 0.5) is 0 Å². The highest BCUT2D eigenvalue weighted by Gasteiger charge is 2.70. The monoisotopic (exact) mass is 348 g/mol. The number of piperidine rings is 2. The Labute approximate surface area is 150 Å². The second-order valence-electron chi connectivity index (χ2n) is 8.40. The molecule has 0 spiro atoms. The van der Waals surface area contributed by atoms with Crippen LogP contribution in [0.2, 0.25) is 5.02 Å². The van der Waals surface area contributed by atoms with Gasteiger partial charge in [0.25, 0.3) is 0 Å². The summed E-state index contributed by atoms with van der Waals surface area (Å²) in [6.45, 7) is 8.57. The van der Waals surface area contributed by atoms with Gasteiger partial charge in [-0.25, -0.2) is 0 Å². The van der Waals surface area contributed by atoms with E-state index in [1.807, 2.05) is 12.1 Å². The van der Waals surface area contributed by atoms with E-state index in [9.17, 15) is 4.79 Å². The topological polar surface area (TPSA) is 26.0 Å². The fourth-order valence-electron chi connectivity index (χ4n) is 6.23. The first-order valence-electron chi connectivity index (χ1n) is 9.53. The zero-order valence-electron chi connectivity index (χ0n) is 14.8. The number of hydrogen-bond donors (Lipinski definition) is 2. The largest absolute Gasteiger partial charge is 0.297 e. The van der Waals surface area contributed by atoms with E-state index in [0.717, 1.165) is 56.9 Å². The van der Waals surface area contributed by atoms with Crippen LogP contribution in [-0.4, -0.2) is 32.0 Å². The highest BCUT2D eigenvalue weighted by molar-refractivity contribution is 6.30. The molecule has 0 saturated carbocycles. The fourth-order valence-corrected chi connectivity index (χ4v) is 6.36. The van der Waals surface area contributed by atoms with Crippen LogP contribution in [0.25, 0.3) is 0 Å². The molecular formula is C20H29ClN2O+2. The lowest BCUT2D eigenvalue weighted by molar-refractivity contribution is -1.18. The number of ketones is 1. The fraction of sp³-hybridized carbons (Fsp3) is 0.650. The molecule has 0 atom stereocenters. The molecule has 0 amide bonds. The van der Waals surface area contributed by atoms with E-state index in [1.54, 1.807) is 9.80 Å². The van der Waals surface area contributed by atoms with Crippen molar-refractivity contribution in [1.29, 1.82) is 0 Å². The molecular weight excluding hydrogens is 320 g/mol. The maximum atomic E-state index is 13.4. The van der Waals surface area contributed by atoms with Crippen molar-refractivity contribution >= 4 is 17.4 Å². The van der Waals surface area contributed by atoms with Crippen molar-refractivity contribution in [2.24, 2.45) is 10.8 Å². The summed E-state index contributed by atoms with van der Waals surface area (Å²) in [5.74, 6) is 0.612. The van der Waals surface area contributed by atoms with Gasteiger partial charge in [-0.15, -0.1) is 0 Å². The quantitative estimate of drug-likeness (QED) is 0.824. The molecule has 0 unspecified atom stereocenters. The lowest BCUT2D eigenvalue weighted by Crippen LogP contribution is -3.41. The number of carbonyl (C=O) groups is 1. The molecule has 4 aliphatic rings. The second kappa shape index (κ2) is 5.82.